The van der Waals surface area contributed by atoms with Crippen LogP contribution in [0.1, 0.15) is 46.5 Å². The van der Waals surface area contributed by atoms with Crippen LogP contribution in [0.15, 0.2) is 0 Å². The summed E-state index contributed by atoms with van der Waals surface area (Å²) in [7, 11) is 2.11. The van der Waals surface area contributed by atoms with Crippen LogP contribution in [0.4, 0.5) is 0 Å². The molecule has 0 aliphatic carbocycles. The molecule has 0 aromatic carbocycles. The van der Waals surface area contributed by atoms with Gasteiger partial charge >= 0.3 is 0 Å². The normalized spacial score (nSPS) is 26.1. The van der Waals surface area contributed by atoms with Crippen LogP contribution in [0, 0.1) is 0 Å². The van der Waals surface area contributed by atoms with Crippen molar-refractivity contribution in [3.8, 4) is 0 Å². The average molecular weight is 255 g/mol. The van der Waals surface area contributed by atoms with Gasteiger partial charge in [-0.25, -0.2) is 0 Å². The minimum atomic E-state index is -0.354. The number of likely N-dealkylation sites (N-methyl/N-ethyl adjacent to an activating group) is 1. The number of hydrogen-bond acceptors (Lipinski definition) is 3. The minimum absolute atomic E-state index is 0.153. The predicted molar refractivity (Wildman–Crippen MR) is 75.7 cm³/mol. The van der Waals surface area contributed by atoms with E-state index in [0.717, 1.165) is 38.9 Å². The van der Waals surface area contributed by atoms with E-state index >= 15 is 0 Å². The van der Waals surface area contributed by atoms with Crippen molar-refractivity contribution in [1.29, 1.82) is 0 Å². The van der Waals surface area contributed by atoms with Crippen molar-refractivity contribution >= 4 is 5.91 Å². The number of amides is 1. The Morgan fingerprint density at radius 3 is 2.78 bits per heavy atom. The lowest BCUT2D eigenvalue weighted by Crippen LogP contribution is -2.57. The van der Waals surface area contributed by atoms with Gasteiger partial charge in [0.2, 0.25) is 5.91 Å². The topological polar surface area (TPSA) is 44.4 Å². The van der Waals surface area contributed by atoms with Crippen molar-refractivity contribution in [2.75, 3.05) is 26.7 Å². The first-order valence-corrected chi connectivity index (χ1v) is 7.23. The second kappa shape index (κ2) is 7.10. The summed E-state index contributed by atoms with van der Waals surface area (Å²) in [6, 6.07) is 0.574. The Morgan fingerprint density at radius 2 is 2.22 bits per heavy atom. The molecule has 0 radical (unpaired) electrons. The van der Waals surface area contributed by atoms with E-state index in [4.69, 9.17) is 0 Å². The van der Waals surface area contributed by atoms with Gasteiger partial charge in [0.1, 0.15) is 0 Å². The molecular weight excluding hydrogens is 226 g/mol. The van der Waals surface area contributed by atoms with Crippen molar-refractivity contribution in [3.05, 3.63) is 0 Å². The standard InChI is InChI=1S/C14H29N3O/c1-5-12(2)17(4)11-10-15-13(18)14(3)8-6-7-9-16-14/h12,16H,5-11H2,1-4H3,(H,15,18). The molecule has 0 bridgehead atoms. The van der Waals surface area contributed by atoms with Crippen LogP contribution in [-0.2, 0) is 4.79 Å². The number of rotatable bonds is 6. The van der Waals surface area contributed by atoms with Gasteiger partial charge in [-0.1, -0.05) is 6.92 Å². The molecule has 0 aromatic heterocycles. The molecule has 1 fully saturated rings. The Labute approximate surface area is 111 Å². The molecule has 1 saturated heterocycles. The van der Waals surface area contributed by atoms with E-state index < -0.39 is 0 Å². The first-order chi connectivity index (χ1) is 8.49. The minimum Gasteiger partial charge on any atom is -0.353 e. The van der Waals surface area contributed by atoms with Crippen molar-refractivity contribution < 1.29 is 4.79 Å². The van der Waals surface area contributed by atoms with E-state index in [1.165, 1.54) is 6.42 Å². The van der Waals surface area contributed by atoms with Crippen LogP contribution in [0.3, 0.4) is 0 Å². The summed E-state index contributed by atoms with van der Waals surface area (Å²) in [4.78, 5) is 14.4. The molecule has 4 nitrogen and oxygen atoms in total. The van der Waals surface area contributed by atoms with Crippen molar-refractivity contribution in [1.82, 2.24) is 15.5 Å². The summed E-state index contributed by atoms with van der Waals surface area (Å²) in [6.45, 7) is 9.02. The molecule has 1 rings (SSSR count). The van der Waals surface area contributed by atoms with Gasteiger partial charge in [-0.15, -0.1) is 0 Å². The third-order valence-corrected chi connectivity index (χ3v) is 4.21. The molecule has 0 spiro atoms. The van der Waals surface area contributed by atoms with Gasteiger partial charge in [-0.2, -0.15) is 0 Å². The molecule has 0 aromatic rings. The molecule has 1 aliphatic rings. The van der Waals surface area contributed by atoms with E-state index in [0.29, 0.717) is 6.04 Å². The molecule has 1 aliphatic heterocycles. The third kappa shape index (κ3) is 4.25. The largest absolute Gasteiger partial charge is 0.353 e. The van der Waals surface area contributed by atoms with E-state index in [9.17, 15) is 4.79 Å². The number of piperidine rings is 1. The van der Waals surface area contributed by atoms with Gasteiger partial charge < -0.3 is 15.5 Å². The highest BCUT2D eigenvalue weighted by molar-refractivity contribution is 5.85. The molecule has 18 heavy (non-hydrogen) atoms. The zero-order valence-corrected chi connectivity index (χ0v) is 12.4. The first-order valence-electron chi connectivity index (χ1n) is 7.23. The van der Waals surface area contributed by atoms with Crippen LogP contribution in [0.25, 0.3) is 0 Å². The fourth-order valence-corrected chi connectivity index (χ4v) is 2.32. The zero-order valence-electron chi connectivity index (χ0n) is 12.4. The lowest BCUT2D eigenvalue weighted by molar-refractivity contribution is -0.128. The number of carbonyl (C=O) groups is 1. The Morgan fingerprint density at radius 1 is 1.50 bits per heavy atom. The van der Waals surface area contributed by atoms with E-state index in [2.05, 4.69) is 36.4 Å². The van der Waals surface area contributed by atoms with Crippen LogP contribution in [-0.4, -0.2) is 49.1 Å². The quantitative estimate of drug-likeness (QED) is 0.753. The Bertz CT molecular complexity index is 262. The van der Waals surface area contributed by atoms with Gasteiger partial charge in [0.25, 0.3) is 0 Å². The molecule has 2 N–H and O–H groups in total. The first kappa shape index (κ1) is 15.4. The molecule has 2 atom stereocenters. The summed E-state index contributed by atoms with van der Waals surface area (Å²) in [5.41, 5.74) is -0.354. The van der Waals surface area contributed by atoms with Gasteiger partial charge in [-0.05, 0) is 53.1 Å². The molecule has 0 saturated carbocycles. The number of hydrogen-bond donors (Lipinski definition) is 2. The van der Waals surface area contributed by atoms with Crippen molar-refractivity contribution in [2.45, 2.75) is 58.0 Å². The van der Waals surface area contributed by atoms with E-state index in [1.54, 1.807) is 0 Å². The molecular formula is C14H29N3O. The van der Waals surface area contributed by atoms with Crippen LogP contribution >= 0.6 is 0 Å². The summed E-state index contributed by atoms with van der Waals surface area (Å²) < 4.78 is 0. The molecule has 1 amide bonds. The SMILES string of the molecule is CCC(C)N(C)CCNC(=O)C1(C)CCCCN1. The van der Waals surface area contributed by atoms with E-state index in [1.807, 2.05) is 6.92 Å². The Hall–Kier alpha value is -0.610. The average Bonchev–Trinajstić information content (AvgIpc) is 2.38. The van der Waals surface area contributed by atoms with Crippen LogP contribution in [0.2, 0.25) is 0 Å². The molecule has 106 valence electrons. The van der Waals surface area contributed by atoms with Crippen LogP contribution in [0.5, 0.6) is 0 Å². The highest BCUT2D eigenvalue weighted by Crippen LogP contribution is 2.18. The smallest absolute Gasteiger partial charge is 0.240 e. The Kier molecular flexibility index (Phi) is 6.09. The lowest BCUT2D eigenvalue weighted by Gasteiger charge is -2.33. The zero-order chi connectivity index (χ0) is 13.6. The number of nitrogens with one attached hydrogen (secondary N) is 2. The van der Waals surface area contributed by atoms with Gasteiger partial charge in [0.05, 0.1) is 5.54 Å². The number of nitrogens with zero attached hydrogens (tertiary/aromatic N) is 1. The van der Waals surface area contributed by atoms with Crippen LogP contribution < -0.4 is 10.6 Å². The maximum atomic E-state index is 12.1. The highest BCUT2D eigenvalue weighted by atomic mass is 16.2. The third-order valence-electron chi connectivity index (χ3n) is 4.21. The molecule has 1 heterocycles. The predicted octanol–water partition coefficient (Wildman–Crippen LogP) is 1.37. The second-order valence-corrected chi connectivity index (χ2v) is 5.71. The highest BCUT2D eigenvalue weighted by Gasteiger charge is 2.33. The van der Waals surface area contributed by atoms with Gasteiger partial charge in [0.15, 0.2) is 0 Å². The molecule has 2 unspecified atom stereocenters. The summed E-state index contributed by atoms with van der Waals surface area (Å²) in [6.07, 6.45) is 4.41. The lowest BCUT2D eigenvalue weighted by atomic mass is 9.90. The Balaban J connectivity index is 2.28. The van der Waals surface area contributed by atoms with E-state index in [-0.39, 0.29) is 11.4 Å². The fourth-order valence-electron chi connectivity index (χ4n) is 2.32. The summed E-state index contributed by atoms with van der Waals surface area (Å²) in [5.74, 6) is 0.153. The maximum Gasteiger partial charge on any atom is 0.240 e. The van der Waals surface area contributed by atoms with Crippen molar-refractivity contribution in [3.63, 3.8) is 0 Å². The number of carbonyl (C=O) groups excluding carboxylic acids is 1. The monoisotopic (exact) mass is 255 g/mol. The van der Waals surface area contributed by atoms with Gasteiger partial charge in [-0.3, -0.25) is 4.79 Å². The summed E-state index contributed by atoms with van der Waals surface area (Å²) >= 11 is 0. The second-order valence-electron chi connectivity index (χ2n) is 5.71. The van der Waals surface area contributed by atoms with Gasteiger partial charge in [0, 0.05) is 19.1 Å². The summed E-state index contributed by atoms with van der Waals surface area (Å²) in [5, 5.41) is 6.40. The van der Waals surface area contributed by atoms with Crippen molar-refractivity contribution in [2.24, 2.45) is 0 Å². The fraction of sp³-hybridized carbons (Fsp3) is 0.929. The maximum absolute atomic E-state index is 12.1. The molecule has 4 heteroatoms.